The summed E-state index contributed by atoms with van der Waals surface area (Å²) in [5.74, 6) is 0.757. The number of non-ortho nitro benzene ring substituents is 1. The van der Waals surface area contributed by atoms with Crippen molar-refractivity contribution in [1.29, 1.82) is 0 Å². The third kappa shape index (κ3) is 2.87. The minimum atomic E-state index is -0.468. The van der Waals surface area contributed by atoms with E-state index in [1.807, 2.05) is 26.0 Å². The van der Waals surface area contributed by atoms with Crippen molar-refractivity contribution in [3.05, 3.63) is 57.1 Å². The fraction of sp³-hybridized carbons (Fsp3) is 0.250. The Balaban J connectivity index is 2.61. The highest BCUT2D eigenvalue weighted by molar-refractivity contribution is 5.72. The maximum atomic E-state index is 10.8. The summed E-state index contributed by atoms with van der Waals surface area (Å²) in [5, 5.41) is 20.3. The van der Waals surface area contributed by atoms with Crippen LogP contribution in [0, 0.1) is 24.0 Å². The summed E-state index contributed by atoms with van der Waals surface area (Å²) in [6.07, 6.45) is 0. The van der Waals surface area contributed by atoms with Crippen LogP contribution < -0.4 is 4.74 Å². The molecular weight excluding hydrogens is 270 g/mol. The third-order valence-corrected chi connectivity index (χ3v) is 3.62. The lowest BCUT2D eigenvalue weighted by atomic mass is 9.95. The highest BCUT2D eigenvalue weighted by atomic mass is 16.6. The van der Waals surface area contributed by atoms with Crippen LogP contribution in [-0.4, -0.2) is 17.1 Å². The fourth-order valence-electron chi connectivity index (χ4n) is 2.30. The quantitative estimate of drug-likeness (QED) is 0.691. The molecule has 0 saturated carbocycles. The number of hydrogen-bond donors (Lipinski definition) is 1. The van der Waals surface area contributed by atoms with E-state index < -0.39 is 4.92 Å². The Labute approximate surface area is 123 Å². The van der Waals surface area contributed by atoms with E-state index in [2.05, 4.69) is 0 Å². The second-order valence-electron chi connectivity index (χ2n) is 4.88. The van der Waals surface area contributed by atoms with Crippen molar-refractivity contribution in [2.24, 2.45) is 0 Å². The SMILES string of the molecule is COc1cc(-c2ccc([N+](=O)[O-])cc2CO)cc(C)c1C. The maximum absolute atomic E-state index is 10.8. The number of rotatable bonds is 4. The monoisotopic (exact) mass is 287 g/mol. The zero-order chi connectivity index (χ0) is 15.6. The van der Waals surface area contributed by atoms with Crippen LogP contribution >= 0.6 is 0 Å². The average Bonchev–Trinajstić information content (AvgIpc) is 2.49. The van der Waals surface area contributed by atoms with Crippen molar-refractivity contribution in [1.82, 2.24) is 0 Å². The number of nitrogens with zero attached hydrogens (tertiary/aromatic N) is 1. The molecule has 2 aromatic rings. The Kier molecular flexibility index (Phi) is 4.23. The molecule has 0 spiro atoms. The van der Waals surface area contributed by atoms with Gasteiger partial charge in [0.15, 0.2) is 0 Å². The van der Waals surface area contributed by atoms with Crippen LogP contribution in [0.5, 0.6) is 5.75 Å². The molecule has 2 rings (SSSR count). The molecule has 21 heavy (non-hydrogen) atoms. The normalized spacial score (nSPS) is 10.5. The average molecular weight is 287 g/mol. The first-order valence-corrected chi connectivity index (χ1v) is 6.51. The van der Waals surface area contributed by atoms with Gasteiger partial charge < -0.3 is 9.84 Å². The highest BCUT2D eigenvalue weighted by Crippen LogP contribution is 2.33. The molecule has 1 N–H and O–H groups in total. The van der Waals surface area contributed by atoms with E-state index in [0.717, 1.165) is 28.0 Å². The van der Waals surface area contributed by atoms with Gasteiger partial charge in [-0.25, -0.2) is 0 Å². The molecule has 0 saturated heterocycles. The van der Waals surface area contributed by atoms with E-state index in [4.69, 9.17) is 4.74 Å². The minimum absolute atomic E-state index is 0.0291. The van der Waals surface area contributed by atoms with Gasteiger partial charge in [-0.05, 0) is 53.8 Å². The first kappa shape index (κ1) is 15.0. The number of aryl methyl sites for hydroxylation is 1. The zero-order valence-electron chi connectivity index (χ0n) is 12.2. The second kappa shape index (κ2) is 5.93. The molecule has 0 aromatic heterocycles. The summed E-state index contributed by atoms with van der Waals surface area (Å²) in [5.41, 5.74) is 4.24. The van der Waals surface area contributed by atoms with E-state index >= 15 is 0 Å². The van der Waals surface area contributed by atoms with Crippen molar-refractivity contribution < 1.29 is 14.8 Å². The molecular formula is C16H17NO4. The largest absolute Gasteiger partial charge is 0.496 e. The fourth-order valence-corrected chi connectivity index (χ4v) is 2.30. The van der Waals surface area contributed by atoms with Gasteiger partial charge in [-0.1, -0.05) is 6.07 Å². The predicted molar refractivity (Wildman–Crippen MR) is 80.5 cm³/mol. The Morgan fingerprint density at radius 2 is 1.95 bits per heavy atom. The van der Waals surface area contributed by atoms with Crippen molar-refractivity contribution in [2.75, 3.05) is 7.11 Å². The Morgan fingerprint density at radius 3 is 2.52 bits per heavy atom. The number of aliphatic hydroxyl groups is 1. The number of nitro groups is 1. The number of nitro benzene ring substituents is 1. The summed E-state index contributed by atoms with van der Waals surface area (Å²) in [4.78, 5) is 10.4. The summed E-state index contributed by atoms with van der Waals surface area (Å²) in [6, 6.07) is 8.36. The van der Waals surface area contributed by atoms with Gasteiger partial charge in [0, 0.05) is 12.1 Å². The third-order valence-electron chi connectivity index (χ3n) is 3.62. The lowest BCUT2D eigenvalue weighted by Gasteiger charge is -2.13. The first-order valence-electron chi connectivity index (χ1n) is 6.51. The Hall–Kier alpha value is -2.40. The van der Waals surface area contributed by atoms with Gasteiger partial charge in [0.1, 0.15) is 5.75 Å². The molecule has 0 aliphatic heterocycles. The van der Waals surface area contributed by atoms with Crippen molar-refractivity contribution >= 4 is 5.69 Å². The number of aliphatic hydroxyl groups excluding tert-OH is 1. The molecule has 0 aliphatic rings. The van der Waals surface area contributed by atoms with Gasteiger partial charge >= 0.3 is 0 Å². The van der Waals surface area contributed by atoms with E-state index in [1.165, 1.54) is 12.1 Å². The van der Waals surface area contributed by atoms with Gasteiger partial charge in [-0.15, -0.1) is 0 Å². The summed E-state index contributed by atoms with van der Waals surface area (Å²) < 4.78 is 5.35. The van der Waals surface area contributed by atoms with Gasteiger partial charge in [-0.2, -0.15) is 0 Å². The summed E-state index contributed by atoms with van der Waals surface area (Å²) in [7, 11) is 1.61. The van der Waals surface area contributed by atoms with Crippen LogP contribution in [0.4, 0.5) is 5.69 Å². The van der Waals surface area contributed by atoms with Crippen LogP contribution in [0.2, 0.25) is 0 Å². The molecule has 2 aromatic carbocycles. The number of methoxy groups -OCH3 is 1. The van der Waals surface area contributed by atoms with Gasteiger partial charge in [-0.3, -0.25) is 10.1 Å². The lowest BCUT2D eigenvalue weighted by molar-refractivity contribution is -0.384. The molecule has 5 nitrogen and oxygen atoms in total. The van der Waals surface area contributed by atoms with Crippen LogP contribution in [-0.2, 0) is 6.61 Å². The van der Waals surface area contributed by atoms with Gasteiger partial charge in [0.05, 0.1) is 18.6 Å². The van der Waals surface area contributed by atoms with Crippen molar-refractivity contribution in [3.63, 3.8) is 0 Å². The van der Waals surface area contributed by atoms with Crippen molar-refractivity contribution in [3.8, 4) is 16.9 Å². The molecule has 0 radical (unpaired) electrons. The molecule has 110 valence electrons. The second-order valence-corrected chi connectivity index (χ2v) is 4.88. The molecule has 0 atom stereocenters. The molecule has 0 fully saturated rings. The molecule has 0 heterocycles. The van der Waals surface area contributed by atoms with E-state index in [9.17, 15) is 15.2 Å². The topological polar surface area (TPSA) is 72.6 Å². The molecule has 0 bridgehead atoms. The van der Waals surface area contributed by atoms with Crippen LogP contribution in [0.1, 0.15) is 16.7 Å². The molecule has 5 heteroatoms. The number of benzene rings is 2. The highest BCUT2D eigenvalue weighted by Gasteiger charge is 2.13. The van der Waals surface area contributed by atoms with Gasteiger partial charge in [0.25, 0.3) is 5.69 Å². The summed E-state index contributed by atoms with van der Waals surface area (Å²) in [6.45, 7) is 3.69. The maximum Gasteiger partial charge on any atom is 0.269 e. The van der Waals surface area contributed by atoms with E-state index in [1.54, 1.807) is 13.2 Å². The minimum Gasteiger partial charge on any atom is -0.496 e. The molecule has 0 aliphatic carbocycles. The van der Waals surface area contributed by atoms with Crippen molar-refractivity contribution in [2.45, 2.75) is 20.5 Å². The van der Waals surface area contributed by atoms with Crippen LogP contribution in [0.3, 0.4) is 0 Å². The van der Waals surface area contributed by atoms with Crippen LogP contribution in [0.15, 0.2) is 30.3 Å². The van der Waals surface area contributed by atoms with E-state index in [-0.39, 0.29) is 12.3 Å². The molecule has 0 amide bonds. The van der Waals surface area contributed by atoms with Crippen LogP contribution in [0.25, 0.3) is 11.1 Å². The zero-order valence-corrected chi connectivity index (χ0v) is 12.2. The first-order chi connectivity index (χ1) is 9.97. The number of ether oxygens (including phenoxy) is 1. The van der Waals surface area contributed by atoms with Gasteiger partial charge in [0.2, 0.25) is 0 Å². The lowest BCUT2D eigenvalue weighted by Crippen LogP contribution is -1.96. The Morgan fingerprint density at radius 1 is 1.24 bits per heavy atom. The molecule has 0 unspecified atom stereocenters. The predicted octanol–water partition coefficient (Wildman–Crippen LogP) is 3.38. The standard InChI is InChI=1S/C16H17NO4/c1-10-6-12(8-16(21-3)11(10)2)15-5-4-14(17(19)20)7-13(15)9-18/h4-8,18H,9H2,1-3H3. The smallest absolute Gasteiger partial charge is 0.269 e. The summed E-state index contributed by atoms with van der Waals surface area (Å²) >= 11 is 0. The Bertz CT molecular complexity index is 695. The number of hydrogen-bond acceptors (Lipinski definition) is 4. The van der Waals surface area contributed by atoms with E-state index in [0.29, 0.717) is 5.56 Å².